The molecule has 45 heavy (non-hydrogen) atoms. The Hall–Kier alpha value is -4.89. The summed E-state index contributed by atoms with van der Waals surface area (Å²) < 4.78 is 17.2. The van der Waals surface area contributed by atoms with Crippen LogP contribution in [-0.4, -0.2) is 72.8 Å². The largest absolute Gasteiger partial charge is 0.424 e. The molecule has 0 amide bonds. The highest BCUT2D eigenvalue weighted by Crippen LogP contribution is 2.30. The first-order valence-corrected chi connectivity index (χ1v) is 14.5. The lowest BCUT2D eigenvalue weighted by atomic mass is 9.98. The third kappa shape index (κ3) is 9.06. The van der Waals surface area contributed by atoms with Crippen molar-refractivity contribution >= 4 is 23.5 Å². The van der Waals surface area contributed by atoms with Gasteiger partial charge in [0.2, 0.25) is 12.1 Å². The fourth-order valence-electron chi connectivity index (χ4n) is 4.47. The Morgan fingerprint density at radius 1 is 1.09 bits per heavy atom. The molecular formula is C29H32ClN7O8. The first kappa shape index (κ1) is 33.0. The summed E-state index contributed by atoms with van der Waals surface area (Å²) in [7, 11) is 0. The number of benzene rings is 2. The van der Waals surface area contributed by atoms with E-state index in [-0.39, 0.29) is 24.0 Å². The molecular weight excluding hydrogens is 610 g/mol. The molecule has 0 radical (unpaired) electrons. The predicted molar refractivity (Wildman–Crippen MR) is 159 cm³/mol. The number of nitrogens with one attached hydrogen (secondary N) is 1. The molecule has 1 N–H and O–H groups in total. The van der Waals surface area contributed by atoms with E-state index in [1.54, 1.807) is 4.57 Å². The number of esters is 2. The molecule has 0 aliphatic heterocycles. The van der Waals surface area contributed by atoms with Crippen molar-refractivity contribution in [2.45, 2.75) is 59.0 Å². The van der Waals surface area contributed by atoms with Crippen molar-refractivity contribution in [1.82, 2.24) is 30.2 Å². The molecule has 2 atom stereocenters. The molecule has 4 aromatic rings. The van der Waals surface area contributed by atoms with E-state index in [4.69, 9.17) is 25.8 Å². The maximum atomic E-state index is 13.3. The average molecular weight is 642 g/mol. The fraction of sp³-hybridized carbons (Fsp3) is 0.379. The quantitative estimate of drug-likeness (QED) is 0.0786. The minimum atomic E-state index is -1.28. The van der Waals surface area contributed by atoms with Gasteiger partial charge in [-0.05, 0) is 35.2 Å². The van der Waals surface area contributed by atoms with Gasteiger partial charge in [0.05, 0.1) is 6.61 Å². The van der Waals surface area contributed by atoms with Gasteiger partial charge in [0, 0.05) is 25.5 Å². The van der Waals surface area contributed by atoms with E-state index in [0.29, 0.717) is 18.1 Å². The highest BCUT2D eigenvalue weighted by atomic mass is 35.5. The number of carbonyl (C=O) groups is 2. The molecule has 2 aromatic heterocycles. The molecule has 2 heterocycles. The Morgan fingerprint density at radius 2 is 1.82 bits per heavy atom. The Kier molecular flexibility index (Phi) is 11.5. The van der Waals surface area contributed by atoms with Crippen LogP contribution in [0.25, 0.3) is 22.5 Å². The number of carbonyl (C=O) groups excluding carboxylic acids is 2. The van der Waals surface area contributed by atoms with Crippen molar-refractivity contribution in [3.8, 4) is 22.5 Å². The third-order valence-corrected chi connectivity index (χ3v) is 6.74. The van der Waals surface area contributed by atoms with Gasteiger partial charge >= 0.3 is 11.9 Å². The maximum Gasteiger partial charge on any atom is 0.361 e. The predicted octanol–water partition coefficient (Wildman–Crippen LogP) is 4.43. The molecule has 0 aliphatic rings. The van der Waals surface area contributed by atoms with Crippen LogP contribution in [0.4, 0.5) is 0 Å². The van der Waals surface area contributed by atoms with Crippen LogP contribution in [0.15, 0.2) is 48.5 Å². The Bertz CT molecular complexity index is 1590. The summed E-state index contributed by atoms with van der Waals surface area (Å²) in [6.07, 6.45) is 0.159. The molecule has 0 saturated heterocycles. The molecule has 0 aliphatic carbocycles. The van der Waals surface area contributed by atoms with E-state index in [2.05, 4.69) is 30.4 Å². The zero-order valence-corrected chi connectivity index (χ0v) is 25.6. The maximum absolute atomic E-state index is 13.3. The van der Waals surface area contributed by atoms with Gasteiger partial charge in [-0.25, -0.2) is 14.6 Å². The number of tetrazole rings is 1. The number of hydrogen-bond acceptors (Lipinski definition) is 12. The number of rotatable bonds is 16. The monoisotopic (exact) mass is 641 g/mol. The second-order valence-electron chi connectivity index (χ2n) is 9.95. The zero-order chi connectivity index (χ0) is 32.3. The smallest absolute Gasteiger partial charge is 0.361 e. The summed E-state index contributed by atoms with van der Waals surface area (Å²) >= 11 is 6.45. The summed E-state index contributed by atoms with van der Waals surface area (Å²) in [6.45, 7) is 4.36. The Balaban J connectivity index is 1.46. The summed E-state index contributed by atoms with van der Waals surface area (Å²) in [6, 6.07) is 15.5. The van der Waals surface area contributed by atoms with Gasteiger partial charge in [-0.2, -0.15) is 5.21 Å². The van der Waals surface area contributed by atoms with Gasteiger partial charge in [-0.15, -0.1) is 20.3 Å². The standard InChI is InChI=1S/C29H32ClN7O8/c1-4-5-10-24-31-27(30)26(29(39)44-19(3)43-25(38)17-42-16-18(2)45-37(40)41)36(24)15-20-11-13-21(14-12-20)22-8-6-7-9-23(22)28-32-34-35-33-28/h6-9,11-14,18-19H,4-5,10,15-17H2,1-3H3,(H,32,33,34,35). The number of halogens is 1. The van der Waals surface area contributed by atoms with Gasteiger partial charge in [0.15, 0.2) is 10.8 Å². The third-order valence-electron chi connectivity index (χ3n) is 6.48. The van der Waals surface area contributed by atoms with Crippen LogP contribution in [-0.2, 0) is 36.8 Å². The number of aryl methyl sites for hydroxylation is 1. The number of aromatic nitrogens is 6. The summed E-state index contributed by atoms with van der Waals surface area (Å²) in [5.41, 5.74) is 3.60. The molecule has 238 valence electrons. The Morgan fingerprint density at radius 3 is 2.49 bits per heavy atom. The minimum absolute atomic E-state index is 0.0270. The number of ether oxygens (including phenoxy) is 3. The number of imidazole rings is 1. The van der Waals surface area contributed by atoms with Crippen LogP contribution >= 0.6 is 11.6 Å². The van der Waals surface area contributed by atoms with Gasteiger partial charge in [-0.1, -0.05) is 73.5 Å². The summed E-state index contributed by atoms with van der Waals surface area (Å²) in [5, 5.41) is 23.7. The van der Waals surface area contributed by atoms with Gasteiger partial charge in [0.25, 0.3) is 5.09 Å². The minimum Gasteiger partial charge on any atom is -0.424 e. The van der Waals surface area contributed by atoms with Gasteiger partial charge < -0.3 is 23.6 Å². The van der Waals surface area contributed by atoms with Crippen molar-refractivity contribution in [3.63, 3.8) is 0 Å². The molecule has 0 spiro atoms. The lowest BCUT2D eigenvalue weighted by Gasteiger charge is -2.16. The van der Waals surface area contributed by atoms with Crippen molar-refractivity contribution in [2.24, 2.45) is 0 Å². The molecule has 16 heteroatoms. The molecule has 0 bridgehead atoms. The van der Waals surface area contributed by atoms with Crippen LogP contribution in [0.2, 0.25) is 5.15 Å². The van der Waals surface area contributed by atoms with E-state index >= 15 is 0 Å². The van der Waals surface area contributed by atoms with E-state index in [9.17, 15) is 19.7 Å². The number of H-pyrrole nitrogens is 1. The number of unbranched alkanes of at least 4 members (excludes halogenated alkanes) is 1. The van der Waals surface area contributed by atoms with Crippen molar-refractivity contribution < 1.29 is 33.7 Å². The van der Waals surface area contributed by atoms with Crippen LogP contribution in [0.3, 0.4) is 0 Å². The molecule has 2 unspecified atom stereocenters. The van der Waals surface area contributed by atoms with Crippen molar-refractivity contribution in [3.05, 3.63) is 80.9 Å². The molecule has 0 fully saturated rings. The zero-order valence-electron chi connectivity index (χ0n) is 24.8. The van der Waals surface area contributed by atoms with E-state index in [0.717, 1.165) is 35.1 Å². The molecule has 4 rings (SSSR count). The van der Waals surface area contributed by atoms with E-state index in [1.165, 1.54) is 13.8 Å². The summed E-state index contributed by atoms with van der Waals surface area (Å²) in [4.78, 5) is 44.5. The average Bonchev–Trinajstić information content (AvgIpc) is 3.64. The lowest BCUT2D eigenvalue weighted by molar-refractivity contribution is -0.768. The number of aromatic amines is 1. The first-order valence-electron chi connectivity index (χ1n) is 14.1. The first-order chi connectivity index (χ1) is 21.7. The number of nitrogens with zero attached hydrogens (tertiary/aromatic N) is 6. The normalized spacial score (nSPS) is 12.4. The molecule has 15 nitrogen and oxygen atoms in total. The SMILES string of the molecule is CCCCc1nc(Cl)c(C(=O)OC(C)OC(=O)COCC(C)O[N+](=O)[O-])n1Cc1ccc(-c2ccccc2-c2nn[nH]n2)cc1. The number of hydrogen-bond donors (Lipinski definition) is 1. The summed E-state index contributed by atoms with van der Waals surface area (Å²) in [5.74, 6) is -0.566. The highest BCUT2D eigenvalue weighted by Gasteiger charge is 2.26. The topological polar surface area (TPSA) is 186 Å². The van der Waals surface area contributed by atoms with Crippen LogP contribution in [0.5, 0.6) is 0 Å². The fourth-order valence-corrected chi connectivity index (χ4v) is 4.75. The molecule has 0 saturated carbocycles. The van der Waals surface area contributed by atoms with Crippen LogP contribution in [0.1, 0.15) is 55.5 Å². The second kappa shape index (κ2) is 15.7. The van der Waals surface area contributed by atoms with Crippen molar-refractivity contribution in [2.75, 3.05) is 13.2 Å². The Labute approximate surface area is 262 Å². The van der Waals surface area contributed by atoms with Crippen LogP contribution < -0.4 is 0 Å². The second-order valence-corrected chi connectivity index (χ2v) is 10.3. The van der Waals surface area contributed by atoms with Gasteiger partial charge in [0.1, 0.15) is 18.5 Å². The molecule has 2 aromatic carbocycles. The van der Waals surface area contributed by atoms with Gasteiger partial charge in [-0.3, -0.25) is 0 Å². The highest BCUT2D eigenvalue weighted by molar-refractivity contribution is 6.32. The van der Waals surface area contributed by atoms with Crippen LogP contribution in [0, 0.1) is 10.1 Å². The lowest BCUT2D eigenvalue weighted by Crippen LogP contribution is -2.27. The van der Waals surface area contributed by atoms with E-state index < -0.39 is 36.0 Å². The van der Waals surface area contributed by atoms with E-state index in [1.807, 2.05) is 55.5 Å². The van der Waals surface area contributed by atoms with Crippen molar-refractivity contribution in [1.29, 1.82) is 0 Å².